The van der Waals surface area contributed by atoms with Crippen LogP contribution in [0.1, 0.15) is 33.3 Å². The number of benzene rings is 2. The molecule has 0 unspecified atom stereocenters. The van der Waals surface area contributed by atoms with Crippen LogP contribution in [-0.2, 0) is 12.0 Å². The number of hydrogen-bond donors (Lipinski definition) is 0. The van der Waals surface area contributed by atoms with Crippen molar-refractivity contribution in [1.82, 2.24) is 0 Å². The summed E-state index contributed by atoms with van der Waals surface area (Å²) in [6.07, 6.45) is 1.03. The van der Waals surface area contributed by atoms with Crippen molar-refractivity contribution >= 4 is 10.9 Å². The van der Waals surface area contributed by atoms with Crippen LogP contribution in [0.15, 0.2) is 53.1 Å². The first-order chi connectivity index (χ1) is 10.0. The number of aromatic nitrogens is 1. The summed E-state index contributed by atoms with van der Waals surface area (Å²) < 4.78 is 8.26. The zero-order chi connectivity index (χ0) is 15.0. The Morgan fingerprint density at radius 2 is 1.71 bits per heavy atom. The molecule has 0 N–H and O–H groups in total. The van der Waals surface area contributed by atoms with Crippen molar-refractivity contribution in [2.45, 2.75) is 39.7 Å². The van der Waals surface area contributed by atoms with Crippen molar-refractivity contribution in [2.24, 2.45) is 0 Å². The number of fused-ring (bicyclic) bond motifs is 1. The van der Waals surface area contributed by atoms with E-state index in [9.17, 15) is 0 Å². The van der Waals surface area contributed by atoms with Crippen LogP contribution in [0.2, 0.25) is 0 Å². The Balaban J connectivity index is 2.32. The van der Waals surface area contributed by atoms with Gasteiger partial charge in [-0.3, -0.25) is 0 Å². The first-order valence-corrected chi connectivity index (χ1v) is 7.54. The Hall–Kier alpha value is -2.09. The molecule has 0 spiro atoms. The van der Waals surface area contributed by atoms with Gasteiger partial charge in [-0.05, 0) is 22.8 Å². The summed E-state index contributed by atoms with van der Waals surface area (Å²) in [6, 6.07) is 16.9. The van der Waals surface area contributed by atoms with Crippen LogP contribution in [0.5, 0.6) is 0 Å². The largest absolute Gasteiger partial charge is 0.263 e. The average Bonchev–Trinajstić information content (AvgIpc) is 2.86. The Bertz CT molecular complexity index is 763. The predicted molar refractivity (Wildman–Crippen MR) is 86.2 cm³/mol. The molecule has 108 valence electrons. The van der Waals surface area contributed by atoms with Crippen molar-refractivity contribution in [3.05, 3.63) is 54.1 Å². The summed E-state index contributed by atoms with van der Waals surface area (Å²) in [5, 5.41) is 1.17. The third kappa shape index (κ3) is 2.46. The minimum Gasteiger partial charge on any atom is -0.234 e. The van der Waals surface area contributed by atoms with E-state index in [2.05, 4.69) is 58.0 Å². The molecule has 3 rings (SSSR count). The van der Waals surface area contributed by atoms with Gasteiger partial charge in [-0.1, -0.05) is 43.3 Å². The van der Waals surface area contributed by atoms with Crippen molar-refractivity contribution < 1.29 is 9.26 Å². The quantitative estimate of drug-likeness (QED) is 0.622. The molecule has 0 saturated carbocycles. The molecule has 1 heterocycles. The lowest BCUT2D eigenvalue weighted by Gasteiger charge is -2.07. The summed E-state index contributed by atoms with van der Waals surface area (Å²) in [6.45, 7) is 8.69. The smallest absolute Gasteiger partial charge is 0.234 e. The summed E-state index contributed by atoms with van der Waals surface area (Å²) in [4.78, 5) is 0. The Morgan fingerprint density at radius 1 is 1.00 bits per heavy atom. The van der Waals surface area contributed by atoms with Crippen LogP contribution in [0, 0.1) is 0 Å². The summed E-state index contributed by atoms with van der Waals surface area (Å²) in [5.41, 5.74) is 3.54. The van der Waals surface area contributed by atoms with Gasteiger partial charge in [-0.2, -0.15) is 0 Å². The Labute approximate surface area is 126 Å². The van der Waals surface area contributed by atoms with Gasteiger partial charge < -0.3 is 0 Å². The van der Waals surface area contributed by atoms with Crippen LogP contribution in [-0.4, -0.2) is 0 Å². The van der Waals surface area contributed by atoms with Crippen LogP contribution in [0.3, 0.4) is 0 Å². The average molecular weight is 280 g/mol. The molecule has 0 atom stereocenters. The van der Waals surface area contributed by atoms with Crippen LogP contribution < -0.4 is 4.74 Å². The van der Waals surface area contributed by atoms with E-state index in [0.717, 1.165) is 17.7 Å². The van der Waals surface area contributed by atoms with Crippen LogP contribution in [0.4, 0.5) is 0 Å². The van der Waals surface area contributed by atoms with Gasteiger partial charge in [-0.15, -0.1) is 0 Å². The monoisotopic (exact) mass is 280 g/mol. The first kappa shape index (κ1) is 13.9. The van der Waals surface area contributed by atoms with E-state index in [1.165, 1.54) is 16.5 Å². The highest BCUT2D eigenvalue weighted by molar-refractivity contribution is 5.90. The summed E-state index contributed by atoms with van der Waals surface area (Å²) in [5.74, 6) is 0.947. The molecule has 2 aromatic carbocycles. The van der Waals surface area contributed by atoms with Gasteiger partial charge in [0, 0.05) is 32.4 Å². The second-order valence-corrected chi connectivity index (χ2v) is 6.46. The molecule has 0 aliphatic heterocycles. The fourth-order valence-electron chi connectivity index (χ4n) is 2.64. The molecule has 0 radical (unpaired) electrons. The van der Waals surface area contributed by atoms with Gasteiger partial charge in [0.25, 0.3) is 5.52 Å². The Kier molecular flexibility index (Phi) is 3.32. The Morgan fingerprint density at radius 3 is 2.33 bits per heavy atom. The second-order valence-electron chi connectivity index (χ2n) is 6.46. The van der Waals surface area contributed by atoms with E-state index in [1.807, 2.05) is 22.9 Å². The SMILES string of the molecule is CCc1ccc2c(-c3ccccc3)o[n+](C(C)(C)C)c2c1. The molecule has 2 heteroatoms. The van der Waals surface area contributed by atoms with Crippen molar-refractivity contribution in [1.29, 1.82) is 0 Å². The minimum absolute atomic E-state index is 0.0857. The van der Waals surface area contributed by atoms with Crippen molar-refractivity contribution in [3.63, 3.8) is 0 Å². The molecule has 0 aliphatic rings. The molecule has 2 nitrogen and oxygen atoms in total. The lowest BCUT2D eigenvalue weighted by Crippen LogP contribution is -2.48. The van der Waals surface area contributed by atoms with E-state index in [1.54, 1.807) is 0 Å². The first-order valence-electron chi connectivity index (χ1n) is 7.54. The molecular weight excluding hydrogens is 258 g/mol. The maximum Gasteiger partial charge on any atom is 0.263 e. The minimum atomic E-state index is -0.0857. The highest BCUT2D eigenvalue weighted by Gasteiger charge is 2.32. The zero-order valence-electron chi connectivity index (χ0n) is 13.2. The lowest BCUT2D eigenvalue weighted by atomic mass is 10.0. The topological polar surface area (TPSA) is 17.0 Å². The highest BCUT2D eigenvalue weighted by atomic mass is 16.5. The molecule has 0 amide bonds. The number of hydrogen-bond acceptors (Lipinski definition) is 1. The molecule has 0 bridgehead atoms. The number of rotatable bonds is 2. The highest BCUT2D eigenvalue weighted by Crippen LogP contribution is 2.29. The zero-order valence-corrected chi connectivity index (χ0v) is 13.2. The standard InChI is InChI=1S/C19H22NO/c1-5-14-11-12-16-17(13-14)20(19(2,3)4)21-18(16)15-9-7-6-8-10-15/h6-13H,5H2,1-4H3/q+1. The lowest BCUT2D eigenvalue weighted by molar-refractivity contribution is -0.886. The summed E-state index contributed by atoms with van der Waals surface area (Å²) in [7, 11) is 0. The van der Waals surface area contributed by atoms with Gasteiger partial charge in [-0.25, -0.2) is 4.52 Å². The van der Waals surface area contributed by atoms with Gasteiger partial charge >= 0.3 is 0 Å². The summed E-state index contributed by atoms with van der Waals surface area (Å²) >= 11 is 0. The van der Waals surface area contributed by atoms with Crippen LogP contribution >= 0.6 is 0 Å². The van der Waals surface area contributed by atoms with E-state index < -0.39 is 0 Å². The maximum absolute atomic E-state index is 6.23. The molecular formula is C19H22NO+. The van der Waals surface area contributed by atoms with Gasteiger partial charge in [0.15, 0.2) is 0 Å². The molecule has 3 aromatic rings. The normalized spacial score (nSPS) is 12.0. The van der Waals surface area contributed by atoms with Gasteiger partial charge in [0.1, 0.15) is 5.39 Å². The van der Waals surface area contributed by atoms with E-state index in [-0.39, 0.29) is 5.54 Å². The molecule has 0 saturated heterocycles. The number of nitrogens with zero attached hydrogens (tertiary/aromatic N) is 1. The van der Waals surface area contributed by atoms with E-state index in [4.69, 9.17) is 4.52 Å². The molecule has 0 fully saturated rings. The number of aryl methyl sites for hydroxylation is 1. The fraction of sp³-hybridized carbons (Fsp3) is 0.316. The van der Waals surface area contributed by atoms with E-state index in [0.29, 0.717) is 0 Å². The van der Waals surface area contributed by atoms with Gasteiger partial charge in [0.2, 0.25) is 11.3 Å². The fourth-order valence-corrected chi connectivity index (χ4v) is 2.64. The van der Waals surface area contributed by atoms with Crippen molar-refractivity contribution in [3.8, 4) is 11.3 Å². The van der Waals surface area contributed by atoms with E-state index >= 15 is 0 Å². The van der Waals surface area contributed by atoms with Crippen LogP contribution in [0.25, 0.3) is 22.2 Å². The van der Waals surface area contributed by atoms with Gasteiger partial charge in [0.05, 0.1) is 0 Å². The third-order valence-corrected chi connectivity index (χ3v) is 3.76. The molecule has 0 aliphatic carbocycles. The maximum atomic E-state index is 6.23. The second kappa shape index (κ2) is 5.03. The molecule has 1 aromatic heterocycles. The molecule has 21 heavy (non-hydrogen) atoms. The third-order valence-electron chi connectivity index (χ3n) is 3.76. The van der Waals surface area contributed by atoms with Crippen molar-refractivity contribution in [2.75, 3.05) is 0 Å². The predicted octanol–water partition coefficient (Wildman–Crippen LogP) is 4.70.